The summed E-state index contributed by atoms with van der Waals surface area (Å²) in [7, 11) is 0. The maximum absolute atomic E-state index is 5.75. The molecule has 3 heteroatoms. The Morgan fingerprint density at radius 3 is 2.86 bits per heavy atom. The van der Waals surface area contributed by atoms with Gasteiger partial charge in [-0.25, -0.2) is 0 Å². The van der Waals surface area contributed by atoms with Crippen LogP contribution >= 0.6 is 11.3 Å². The first-order chi connectivity index (χ1) is 10.4. The van der Waals surface area contributed by atoms with Crippen LogP contribution in [0.3, 0.4) is 0 Å². The van der Waals surface area contributed by atoms with Gasteiger partial charge >= 0.3 is 0 Å². The van der Waals surface area contributed by atoms with Crippen molar-refractivity contribution in [1.82, 2.24) is 5.32 Å². The van der Waals surface area contributed by atoms with Gasteiger partial charge in [-0.15, -0.1) is 11.3 Å². The highest BCUT2D eigenvalue weighted by atomic mass is 32.1. The third kappa shape index (κ3) is 4.40. The molecular weight excluding hydrogens is 278 g/mol. The highest BCUT2D eigenvalue weighted by Crippen LogP contribution is 2.25. The molecule has 0 radical (unpaired) electrons. The zero-order chi connectivity index (χ0) is 14.3. The number of thiophene rings is 1. The lowest BCUT2D eigenvalue weighted by Gasteiger charge is -2.22. The van der Waals surface area contributed by atoms with Crippen LogP contribution in [0.5, 0.6) is 0 Å². The highest BCUT2D eigenvalue weighted by molar-refractivity contribution is 7.10. The SMILES string of the molecule is c1ccc(-c2csc(CNCCC3CCCCO3)c2)cc1. The van der Waals surface area contributed by atoms with Crippen molar-refractivity contribution in [3.8, 4) is 11.1 Å². The maximum Gasteiger partial charge on any atom is 0.0587 e. The van der Waals surface area contributed by atoms with E-state index >= 15 is 0 Å². The van der Waals surface area contributed by atoms with Crippen LogP contribution in [-0.4, -0.2) is 19.3 Å². The Labute approximate surface area is 131 Å². The lowest BCUT2D eigenvalue weighted by atomic mass is 10.1. The molecular formula is C18H23NOS. The smallest absolute Gasteiger partial charge is 0.0587 e. The van der Waals surface area contributed by atoms with Crippen LogP contribution in [0.25, 0.3) is 11.1 Å². The van der Waals surface area contributed by atoms with E-state index in [-0.39, 0.29) is 0 Å². The Hall–Kier alpha value is -1.16. The molecule has 2 heterocycles. The molecule has 1 aliphatic rings. The minimum Gasteiger partial charge on any atom is -0.378 e. The molecule has 3 rings (SSSR count). The lowest BCUT2D eigenvalue weighted by molar-refractivity contribution is 0.0115. The normalized spacial score (nSPS) is 18.8. The Bertz CT molecular complexity index is 531. The molecule has 1 unspecified atom stereocenters. The first kappa shape index (κ1) is 14.8. The van der Waals surface area contributed by atoms with E-state index in [4.69, 9.17) is 4.74 Å². The molecule has 1 saturated heterocycles. The van der Waals surface area contributed by atoms with E-state index in [1.165, 1.54) is 35.3 Å². The summed E-state index contributed by atoms with van der Waals surface area (Å²) in [4.78, 5) is 1.40. The van der Waals surface area contributed by atoms with Crippen LogP contribution < -0.4 is 5.32 Å². The molecule has 112 valence electrons. The first-order valence-electron chi connectivity index (χ1n) is 7.87. The fourth-order valence-corrected chi connectivity index (χ4v) is 3.63. The van der Waals surface area contributed by atoms with Gasteiger partial charge in [-0.05, 0) is 54.8 Å². The monoisotopic (exact) mass is 301 g/mol. The summed E-state index contributed by atoms with van der Waals surface area (Å²) in [6.07, 6.45) is 5.42. The second kappa shape index (κ2) is 7.74. The second-order valence-corrected chi connectivity index (χ2v) is 6.62. The molecule has 0 spiro atoms. The molecule has 2 nitrogen and oxygen atoms in total. The van der Waals surface area contributed by atoms with E-state index in [0.717, 1.165) is 26.1 Å². The number of nitrogens with one attached hydrogen (secondary N) is 1. The summed E-state index contributed by atoms with van der Waals surface area (Å²) in [6, 6.07) is 12.9. The Morgan fingerprint density at radius 1 is 1.14 bits per heavy atom. The maximum atomic E-state index is 5.75. The van der Waals surface area contributed by atoms with Crippen molar-refractivity contribution in [1.29, 1.82) is 0 Å². The van der Waals surface area contributed by atoms with Gasteiger partial charge in [-0.1, -0.05) is 30.3 Å². The highest BCUT2D eigenvalue weighted by Gasteiger charge is 2.12. The summed E-state index contributed by atoms with van der Waals surface area (Å²) >= 11 is 1.84. The van der Waals surface area contributed by atoms with E-state index in [9.17, 15) is 0 Å². The average Bonchev–Trinajstić information content (AvgIpc) is 3.02. The van der Waals surface area contributed by atoms with Crippen molar-refractivity contribution in [3.05, 3.63) is 46.7 Å². The zero-order valence-corrected chi connectivity index (χ0v) is 13.2. The van der Waals surface area contributed by atoms with E-state index in [1.54, 1.807) is 0 Å². The van der Waals surface area contributed by atoms with Gasteiger partial charge in [0.15, 0.2) is 0 Å². The van der Waals surface area contributed by atoms with Gasteiger partial charge in [0.05, 0.1) is 6.10 Å². The van der Waals surface area contributed by atoms with Crippen molar-refractivity contribution in [2.45, 2.75) is 38.3 Å². The van der Waals surface area contributed by atoms with Gasteiger partial charge in [-0.2, -0.15) is 0 Å². The number of hydrogen-bond donors (Lipinski definition) is 1. The van der Waals surface area contributed by atoms with Gasteiger partial charge in [0, 0.05) is 18.0 Å². The standard InChI is InChI=1S/C18H23NOS/c1-2-6-15(7-3-1)16-12-18(21-14-16)13-19-10-9-17-8-4-5-11-20-17/h1-3,6-7,12,14,17,19H,4-5,8-11,13H2. The molecule has 1 aliphatic heterocycles. The van der Waals surface area contributed by atoms with E-state index in [2.05, 4.69) is 47.1 Å². The number of ether oxygens (including phenoxy) is 1. The molecule has 0 saturated carbocycles. The summed E-state index contributed by atoms with van der Waals surface area (Å²) in [6.45, 7) is 2.96. The summed E-state index contributed by atoms with van der Waals surface area (Å²) in [5, 5.41) is 5.79. The largest absolute Gasteiger partial charge is 0.378 e. The van der Waals surface area contributed by atoms with Gasteiger partial charge in [0.2, 0.25) is 0 Å². The Balaban J connectivity index is 1.42. The van der Waals surface area contributed by atoms with Crippen LogP contribution in [-0.2, 0) is 11.3 Å². The van der Waals surface area contributed by atoms with E-state index < -0.39 is 0 Å². The van der Waals surface area contributed by atoms with Gasteiger partial charge in [0.25, 0.3) is 0 Å². The zero-order valence-electron chi connectivity index (χ0n) is 12.4. The molecule has 1 aromatic carbocycles. The molecule has 0 amide bonds. The fraction of sp³-hybridized carbons (Fsp3) is 0.444. The third-order valence-electron chi connectivity index (χ3n) is 3.98. The minimum atomic E-state index is 0.481. The molecule has 21 heavy (non-hydrogen) atoms. The number of hydrogen-bond acceptors (Lipinski definition) is 3. The fourth-order valence-electron chi connectivity index (χ4n) is 2.77. The quantitative estimate of drug-likeness (QED) is 0.795. The van der Waals surface area contributed by atoms with Crippen molar-refractivity contribution in [2.75, 3.05) is 13.2 Å². The number of benzene rings is 1. The van der Waals surface area contributed by atoms with E-state index in [0.29, 0.717) is 6.10 Å². The second-order valence-electron chi connectivity index (χ2n) is 5.62. The Kier molecular flexibility index (Phi) is 5.44. The molecule has 1 fully saturated rings. The van der Waals surface area contributed by atoms with Crippen molar-refractivity contribution >= 4 is 11.3 Å². The summed E-state index contributed by atoms with van der Waals surface area (Å²) in [5.41, 5.74) is 2.63. The van der Waals surface area contributed by atoms with Crippen LogP contribution in [0.2, 0.25) is 0 Å². The summed E-state index contributed by atoms with van der Waals surface area (Å²) in [5.74, 6) is 0. The predicted octanol–water partition coefficient (Wildman–Crippen LogP) is 4.46. The van der Waals surface area contributed by atoms with Crippen LogP contribution in [0.15, 0.2) is 41.8 Å². The van der Waals surface area contributed by atoms with Crippen molar-refractivity contribution in [3.63, 3.8) is 0 Å². The number of rotatable bonds is 6. The van der Waals surface area contributed by atoms with Crippen molar-refractivity contribution in [2.24, 2.45) is 0 Å². The van der Waals surface area contributed by atoms with Crippen molar-refractivity contribution < 1.29 is 4.74 Å². The molecule has 1 N–H and O–H groups in total. The lowest BCUT2D eigenvalue weighted by Crippen LogP contribution is -2.24. The molecule has 0 aliphatic carbocycles. The summed E-state index contributed by atoms with van der Waals surface area (Å²) < 4.78 is 5.75. The first-order valence-corrected chi connectivity index (χ1v) is 8.75. The van der Waals surface area contributed by atoms with Crippen LogP contribution in [0.4, 0.5) is 0 Å². The average molecular weight is 301 g/mol. The van der Waals surface area contributed by atoms with Crippen LogP contribution in [0, 0.1) is 0 Å². The van der Waals surface area contributed by atoms with Gasteiger partial charge in [0.1, 0.15) is 0 Å². The Morgan fingerprint density at radius 2 is 2.05 bits per heavy atom. The predicted molar refractivity (Wildman–Crippen MR) is 89.7 cm³/mol. The molecule has 1 atom stereocenters. The molecule has 1 aromatic heterocycles. The topological polar surface area (TPSA) is 21.3 Å². The third-order valence-corrected chi connectivity index (χ3v) is 4.91. The minimum absolute atomic E-state index is 0.481. The van der Waals surface area contributed by atoms with Crippen LogP contribution in [0.1, 0.15) is 30.6 Å². The molecule has 0 bridgehead atoms. The molecule has 2 aromatic rings. The van der Waals surface area contributed by atoms with Gasteiger partial charge in [-0.3, -0.25) is 0 Å². The van der Waals surface area contributed by atoms with E-state index in [1.807, 2.05) is 11.3 Å². The van der Waals surface area contributed by atoms with Gasteiger partial charge < -0.3 is 10.1 Å².